The van der Waals surface area contributed by atoms with E-state index in [1.807, 2.05) is 0 Å². The van der Waals surface area contributed by atoms with Crippen molar-refractivity contribution in [1.82, 2.24) is 0 Å². The number of aliphatic carboxylic acids is 1. The predicted octanol–water partition coefficient (Wildman–Crippen LogP) is 5.23. The van der Waals surface area contributed by atoms with Crippen molar-refractivity contribution in [2.45, 2.75) is 48.0 Å². The van der Waals surface area contributed by atoms with Crippen LogP contribution in [0, 0.1) is 0 Å². The molecule has 1 fully saturated rings. The molecule has 174 valence electrons. The van der Waals surface area contributed by atoms with Crippen LogP contribution in [0.2, 0.25) is 0 Å². The summed E-state index contributed by atoms with van der Waals surface area (Å²) in [7, 11) is -3.97. The summed E-state index contributed by atoms with van der Waals surface area (Å²) >= 11 is 0.923. The molecule has 33 heavy (non-hydrogen) atoms. The zero-order chi connectivity index (χ0) is 23.4. The third-order valence-electron chi connectivity index (χ3n) is 5.55. The monoisotopic (exact) mass is 487 g/mol. The largest absolute Gasteiger partial charge is 0.506 e. The van der Waals surface area contributed by atoms with Crippen molar-refractivity contribution in [3.8, 4) is 11.5 Å². The fourth-order valence-corrected chi connectivity index (χ4v) is 5.79. The molecule has 0 atom stereocenters. The maximum atomic E-state index is 13.2. The molecule has 3 aromatic carbocycles. The number of aromatic hydroxyl groups is 1. The third-order valence-corrected chi connectivity index (χ3v) is 7.92. The second-order valence-corrected chi connectivity index (χ2v) is 10.7. The second kappa shape index (κ2) is 9.93. The second-order valence-electron chi connectivity index (χ2n) is 7.96. The van der Waals surface area contributed by atoms with Crippen LogP contribution >= 0.6 is 11.8 Å². The van der Waals surface area contributed by atoms with Gasteiger partial charge in [-0.2, -0.15) is 0 Å². The number of hydrogen-bond donors (Lipinski definition) is 3. The normalized spacial score (nSPS) is 14.8. The molecule has 0 bridgehead atoms. The van der Waals surface area contributed by atoms with E-state index in [4.69, 9.17) is 9.84 Å². The fraction of sp³-hybridized carbons (Fsp3) is 0.292. The van der Waals surface area contributed by atoms with Crippen LogP contribution in [0.4, 0.5) is 5.69 Å². The van der Waals surface area contributed by atoms with Gasteiger partial charge >= 0.3 is 5.97 Å². The van der Waals surface area contributed by atoms with Gasteiger partial charge in [0.15, 0.2) is 0 Å². The number of hydrogen-bond acceptors (Lipinski definition) is 6. The molecular formula is C24H25NO6S2. The minimum absolute atomic E-state index is 0.0627. The summed E-state index contributed by atoms with van der Waals surface area (Å²) in [5.74, 6) is -0.872. The van der Waals surface area contributed by atoms with Gasteiger partial charge in [-0.25, -0.2) is 8.42 Å². The summed E-state index contributed by atoms with van der Waals surface area (Å²) in [6.45, 7) is 0. The summed E-state index contributed by atoms with van der Waals surface area (Å²) < 4.78 is 35.1. The molecule has 1 aliphatic rings. The van der Waals surface area contributed by atoms with E-state index < -0.39 is 16.0 Å². The highest BCUT2D eigenvalue weighted by molar-refractivity contribution is 8.00. The van der Waals surface area contributed by atoms with Gasteiger partial charge in [-0.1, -0.05) is 36.8 Å². The Morgan fingerprint density at radius 2 is 1.76 bits per heavy atom. The molecular weight excluding hydrogens is 462 g/mol. The first kappa shape index (κ1) is 23.3. The van der Waals surface area contributed by atoms with Gasteiger partial charge in [0.25, 0.3) is 10.0 Å². The molecule has 1 aliphatic carbocycles. The minimum atomic E-state index is -3.97. The molecule has 1 saturated carbocycles. The van der Waals surface area contributed by atoms with Gasteiger partial charge < -0.3 is 14.9 Å². The van der Waals surface area contributed by atoms with Crippen LogP contribution in [0.3, 0.4) is 0 Å². The first-order chi connectivity index (χ1) is 15.8. The molecule has 0 aromatic heterocycles. The molecule has 0 heterocycles. The first-order valence-corrected chi connectivity index (χ1v) is 13.2. The number of benzene rings is 3. The highest BCUT2D eigenvalue weighted by Gasteiger charge is 2.21. The Morgan fingerprint density at radius 1 is 1.03 bits per heavy atom. The number of carbonyl (C=O) groups is 1. The zero-order valence-electron chi connectivity index (χ0n) is 17.9. The van der Waals surface area contributed by atoms with Crippen LogP contribution < -0.4 is 9.46 Å². The number of anilines is 1. The summed E-state index contributed by atoms with van der Waals surface area (Å²) in [4.78, 5) is 11.3. The zero-order valence-corrected chi connectivity index (χ0v) is 19.5. The molecule has 7 nitrogen and oxygen atoms in total. The lowest BCUT2D eigenvalue weighted by molar-refractivity contribution is -0.133. The van der Waals surface area contributed by atoms with Gasteiger partial charge in [-0.15, -0.1) is 11.8 Å². The molecule has 4 rings (SSSR count). The average Bonchev–Trinajstić information content (AvgIpc) is 2.81. The van der Waals surface area contributed by atoms with Crippen molar-refractivity contribution in [2.24, 2.45) is 0 Å². The number of thioether (sulfide) groups is 1. The van der Waals surface area contributed by atoms with E-state index in [9.17, 15) is 18.3 Å². The molecule has 0 amide bonds. The van der Waals surface area contributed by atoms with E-state index in [0.29, 0.717) is 16.5 Å². The topological polar surface area (TPSA) is 113 Å². The molecule has 9 heteroatoms. The van der Waals surface area contributed by atoms with Crippen molar-refractivity contribution in [3.63, 3.8) is 0 Å². The number of phenols is 1. The van der Waals surface area contributed by atoms with Crippen LogP contribution in [-0.2, 0) is 14.8 Å². The van der Waals surface area contributed by atoms with Crippen molar-refractivity contribution in [3.05, 3.63) is 54.6 Å². The van der Waals surface area contributed by atoms with Gasteiger partial charge in [-0.3, -0.25) is 9.52 Å². The Balaban J connectivity index is 1.65. The fourth-order valence-electron chi connectivity index (χ4n) is 3.96. The number of rotatable bonds is 8. The Labute approximate surface area is 196 Å². The Morgan fingerprint density at radius 3 is 2.48 bits per heavy atom. The number of nitrogens with one attached hydrogen (secondary N) is 1. The van der Waals surface area contributed by atoms with Crippen molar-refractivity contribution >= 4 is 44.2 Å². The molecule has 0 radical (unpaired) electrons. The molecule has 3 aromatic rings. The van der Waals surface area contributed by atoms with Crippen LogP contribution in [0.5, 0.6) is 11.5 Å². The van der Waals surface area contributed by atoms with Crippen LogP contribution in [-0.4, -0.2) is 36.5 Å². The summed E-state index contributed by atoms with van der Waals surface area (Å²) in [5.41, 5.74) is 0.259. The molecule has 0 aliphatic heterocycles. The Hall–Kier alpha value is -2.91. The molecule has 0 unspecified atom stereocenters. The van der Waals surface area contributed by atoms with E-state index in [2.05, 4.69) is 4.72 Å². The van der Waals surface area contributed by atoms with E-state index >= 15 is 0 Å². The lowest BCUT2D eigenvalue weighted by Gasteiger charge is -2.23. The summed E-state index contributed by atoms with van der Waals surface area (Å²) in [5, 5.41) is 20.5. The lowest BCUT2D eigenvalue weighted by atomic mass is 9.98. The van der Waals surface area contributed by atoms with Crippen molar-refractivity contribution < 1.29 is 28.2 Å². The van der Waals surface area contributed by atoms with Gasteiger partial charge in [0.2, 0.25) is 0 Å². The van der Waals surface area contributed by atoms with Gasteiger partial charge in [0, 0.05) is 16.8 Å². The van der Waals surface area contributed by atoms with Crippen LogP contribution in [0.1, 0.15) is 32.1 Å². The van der Waals surface area contributed by atoms with Crippen molar-refractivity contribution in [2.75, 3.05) is 10.5 Å². The highest BCUT2D eigenvalue weighted by atomic mass is 32.2. The SMILES string of the molecule is O=C(O)CSc1cc(NS(=O)(=O)c2cccc(OC3CCCCC3)c2)c2ccccc2c1O. The van der Waals surface area contributed by atoms with Gasteiger partial charge in [0.05, 0.1) is 27.3 Å². The number of carboxylic acid groups (broad SMARTS) is 1. The number of carboxylic acids is 1. The predicted molar refractivity (Wildman–Crippen MR) is 129 cm³/mol. The molecule has 0 spiro atoms. The lowest BCUT2D eigenvalue weighted by Crippen LogP contribution is -2.20. The Kier molecular flexibility index (Phi) is 6.99. The number of sulfonamides is 1. The van der Waals surface area contributed by atoms with Crippen LogP contribution in [0.15, 0.2) is 64.4 Å². The van der Waals surface area contributed by atoms with E-state index in [-0.39, 0.29) is 33.1 Å². The maximum Gasteiger partial charge on any atom is 0.313 e. The van der Waals surface area contributed by atoms with E-state index in [1.165, 1.54) is 24.6 Å². The smallest absolute Gasteiger partial charge is 0.313 e. The average molecular weight is 488 g/mol. The quantitative estimate of drug-likeness (QED) is 0.294. The Bertz CT molecular complexity index is 1270. The van der Waals surface area contributed by atoms with Gasteiger partial charge in [0.1, 0.15) is 11.5 Å². The maximum absolute atomic E-state index is 13.2. The first-order valence-electron chi connectivity index (χ1n) is 10.7. The summed E-state index contributed by atoms with van der Waals surface area (Å²) in [6.07, 6.45) is 5.45. The molecule has 3 N–H and O–H groups in total. The summed E-state index contributed by atoms with van der Waals surface area (Å²) in [6, 6.07) is 14.7. The standard InChI is InChI=1S/C24H25NO6S2/c26-23(27)15-32-22-14-21(19-11-4-5-12-20(19)24(22)28)25-33(29,30)18-10-6-9-17(13-18)31-16-7-2-1-3-8-16/h4-6,9-14,16,25,28H,1-3,7-8,15H2,(H,26,27). The van der Waals surface area contributed by atoms with Crippen LogP contribution in [0.25, 0.3) is 10.8 Å². The number of fused-ring (bicyclic) bond motifs is 1. The van der Waals surface area contributed by atoms with E-state index in [1.54, 1.807) is 36.4 Å². The third kappa shape index (κ3) is 5.54. The number of phenolic OH excluding ortho intramolecular Hbond substituents is 1. The van der Waals surface area contributed by atoms with E-state index in [0.717, 1.165) is 37.4 Å². The van der Waals surface area contributed by atoms with Gasteiger partial charge in [-0.05, 0) is 43.9 Å². The minimum Gasteiger partial charge on any atom is -0.506 e. The number of ether oxygens (including phenoxy) is 1. The molecule has 0 saturated heterocycles. The van der Waals surface area contributed by atoms with Crippen molar-refractivity contribution in [1.29, 1.82) is 0 Å². The highest BCUT2D eigenvalue weighted by Crippen LogP contribution is 2.40.